The normalized spacial score (nSPS) is 29.5. The van der Waals surface area contributed by atoms with Crippen molar-refractivity contribution in [2.24, 2.45) is 0 Å². The molecule has 1 aromatic carbocycles. The molecule has 0 unspecified atom stereocenters. The highest BCUT2D eigenvalue weighted by atomic mass is 16.8. The highest BCUT2D eigenvalue weighted by molar-refractivity contribution is 5.69. The van der Waals surface area contributed by atoms with Gasteiger partial charge in [0.1, 0.15) is 37.6 Å². The summed E-state index contributed by atoms with van der Waals surface area (Å²) in [4.78, 5) is 72.9. The van der Waals surface area contributed by atoms with E-state index in [4.69, 9.17) is 52.1 Å². The Hall–Kier alpha value is -4.16. The minimum Gasteiger partial charge on any atom is -0.463 e. The van der Waals surface area contributed by atoms with Crippen molar-refractivity contribution in [2.75, 3.05) is 20.3 Å². The summed E-state index contributed by atoms with van der Waals surface area (Å²) in [5.41, 5.74) is 0.762. The van der Waals surface area contributed by atoms with Gasteiger partial charge in [-0.05, 0) is 5.56 Å². The zero-order valence-corrected chi connectivity index (χ0v) is 28.2. The average molecular weight is 699 g/mol. The second kappa shape index (κ2) is 18.6. The molecule has 0 saturated carbocycles. The number of carbonyl (C=O) groups is 6. The van der Waals surface area contributed by atoms with Gasteiger partial charge < -0.3 is 52.1 Å². The molecule has 0 radical (unpaired) electrons. The van der Waals surface area contributed by atoms with E-state index < -0.39 is 110 Å². The number of hydrogen-bond donors (Lipinski definition) is 0. The smallest absolute Gasteiger partial charge is 0.303 e. The maximum Gasteiger partial charge on any atom is 0.303 e. The van der Waals surface area contributed by atoms with E-state index in [1.807, 2.05) is 6.07 Å². The van der Waals surface area contributed by atoms with Gasteiger partial charge in [-0.2, -0.15) is 0 Å². The van der Waals surface area contributed by atoms with Crippen molar-refractivity contribution < 1.29 is 80.9 Å². The summed E-state index contributed by atoms with van der Waals surface area (Å²) in [5, 5.41) is 0. The summed E-state index contributed by atoms with van der Waals surface area (Å²) in [6, 6.07) is 9.05. The third-order valence-corrected chi connectivity index (χ3v) is 7.10. The van der Waals surface area contributed by atoms with Crippen LogP contribution in [0.1, 0.15) is 47.1 Å². The lowest BCUT2D eigenvalue weighted by Crippen LogP contribution is -2.67. The van der Waals surface area contributed by atoms with Gasteiger partial charge in [0.05, 0.1) is 6.61 Å². The van der Waals surface area contributed by atoms with Crippen molar-refractivity contribution in [1.82, 2.24) is 0 Å². The Morgan fingerprint density at radius 1 is 0.551 bits per heavy atom. The van der Waals surface area contributed by atoms with Gasteiger partial charge in [-0.25, -0.2) is 0 Å². The quantitative estimate of drug-likeness (QED) is 0.196. The second-order valence-corrected chi connectivity index (χ2v) is 11.1. The number of carbonyl (C=O) groups excluding carboxylic acids is 6. The monoisotopic (exact) mass is 698 g/mol. The largest absolute Gasteiger partial charge is 0.463 e. The van der Waals surface area contributed by atoms with Crippen LogP contribution < -0.4 is 0 Å². The zero-order chi connectivity index (χ0) is 36.2. The second-order valence-electron chi connectivity index (χ2n) is 11.1. The fourth-order valence-electron chi connectivity index (χ4n) is 5.29. The van der Waals surface area contributed by atoms with E-state index in [9.17, 15) is 28.8 Å². The lowest BCUT2D eigenvalue weighted by Gasteiger charge is -2.48. The number of esters is 6. The maximum absolute atomic E-state index is 12.5. The third kappa shape index (κ3) is 11.7. The van der Waals surface area contributed by atoms with E-state index in [2.05, 4.69) is 0 Å². The molecule has 272 valence electrons. The van der Waals surface area contributed by atoms with Gasteiger partial charge in [0.2, 0.25) is 0 Å². The summed E-state index contributed by atoms with van der Waals surface area (Å²) >= 11 is 0. The van der Waals surface area contributed by atoms with Crippen molar-refractivity contribution in [1.29, 1.82) is 0 Å². The Bertz CT molecular complexity index is 1300. The van der Waals surface area contributed by atoms with E-state index in [1.54, 1.807) is 24.3 Å². The molecule has 0 N–H and O–H groups in total. The summed E-state index contributed by atoms with van der Waals surface area (Å²) in [7, 11) is 1.33. The van der Waals surface area contributed by atoms with Crippen LogP contribution in [0.2, 0.25) is 0 Å². The van der Waals surface area contributed by atoms with Crippen LogP contribution in [0.3, 0.4) is 0 Å². The van der Waals surface area contributed by atoms with Crippen LogP contribution in [0.5, 0.6) is 0 Å². The van der Waals surface area contributed by atoms with Crippen LogP contribution in [0.15, 0.2) is 30.3 Å². The molecule has 0 spiro atoms. The molecule has 2 fully saturated rings. The van der Waals surface area contributed by atoms with E-state index >= 15 is 0 Å². The molecular weight excluding hydrogens is 656 g/mol. The van der Waals surface area contributed by atoms with Gasteiger partial charge in [-0.15, -0.1) is 0 Å². The molecule has 0 bridgehead atoms. The molecule has 0 amide bonds. The van der Waals surface area contributed by atoms with Crippen LogP contribution in [0.4, 0.5) is 0 Å². The molecule has 2 heterocycles. The molecule has 2 saturated heterocycles. The summed E-state index contributed by atoms with van der Waals surface area (Å²) in [6.45, 7) is 5.74. The molecule has 3 rings (SSSR count). The molecule has 1 aromatic rings. The Morgan fingerprint density at radius 3 is 1.49 bits per heavy atom. The van der Waals surface area contributed by atoms with Gasteiger partial charge in [-0.1, -0.05) is 30.3 Å². The first-order valence-electron chi connectivity index (χ1n) is 15.3. The molecule has 10 atom stereocenters. The number of hydrogen-bond acceptors (Lipinski definition) is 17. The predicted octanol–water partition coefficient (Wildman–Crippen LogP) is 0.906. The predicted molar refractivity (Wildman–Crippen MR) is 160 cm³/mol. The number of ether oxygens (including phenoxy) is 11. The van der Waals surface area contributed by atoms with Crippen molar-refractivity contribution in [3.63, 3.8) is 0 Å². The van der Waals surface area contributed by atoms with E-state index in [1.165, 1.54) is 14.0 Å². The summed E-state index contributed by atoms with van der Waals surface area (Å²) in [6.07, 6.45) is -13.9. The molecule has 2 aliphatic heterocycles. The van der Waals surface area contributed by atoms with Crippen molar-refractivity contribution >= 4 is 35.8 Å². The standard InChI is InChI=1S/C32H42O17/c1-16(33)40-14-23-25(43-18(3)35)28(45-20(5)37)30(46-21(6)38)32(48-23)49-26-24(15-41-17(2)34)47-31(39-7)29(27(26)44-19(4)36)42-13-22-11-9-8-10-12-22/h8-12,23-32H,13-15H2,1-7H3/t23-,24-,25+,26+,27+,28+,29-,30-,31-,32+/m1/s1. The molecule has 0 aromatic heterocycles. The molecule has 17 nitrogen and oxygen atoms in total. The lowest BCUT2D eigenvalue weighted by molar-refractivity contribution is -0.362. The average Bonchev–Trinajstić information content (AvgIpc) is 3.01. The fraction of sp³-hybridized carbons (Fsp3) is 0.625. The number of methoxy groups -OCH3 is 1. The van der Waals surface area contributed by atoms with E-state index in [0.29, 0.717) is 0 Å². The number of rotatable bonds is 14. The SMILES string of the molecule is CO[C@@H]1O[C@H](COC(C)=O)[C@H](O[C@@H]2O[C@H](COC(C)=O)[C@H](OC(C)=O)[C@H](OC(C)=O)[C@H]2OC(C)=O)[C@H](OC(C)=O)[C@H]1OCc1ccccc1. The molecule has 0 aliphatic carbocycles. The first kappa shape index (κ1) is 39.3. The van der Waals surface area contributed by atoms with Crippen LogP contribution in [0, 0.1) is 0 Å². The first-order chi connectivity index (χ1) is 23.2. The summed E-state index contributed by atoms with van der Waals surface area (Å²) in [5.74, 6) is -4.67. The Balaban J connectivity index is 2.11. The van der Waals surface area contributed by atoms with Crippen molar-refractivity contribution in [2.45, 2.75) is 110 Å². The van der Waals surface area contributed by atoms with Crippen LogP contribution in [-0.4, -0.2) is 118 Å². The molecule has 49 heavy (non-hydrogen) atoms. The van der Waals surface area contributed by atoms with Crippen molar-refractivity contribution in [3.05, 3.63) is 35.9 Å². The highest BCUT2D eigenvalue weighted by Crippen LogP contribution is 2.35. The maximum atomic E-state index is 12.5. The molecule has 17 heteroatoms. The van der Waals surface area contributed by atoms with Gasteiger partial charge in [-0.3, -0.25) is 28.8 Å². The highest BCUT2D eigenvalue weighted by Gasteiger charge is 2.57. The fourth-order valence-corrected chi connectivity index (χ4v) is 5.29. The Morgan fingerprint density at radius 2 is 1.00 bits per heavy atom. The van der Waals surface area contributed by atoms with Crippen LogP contribution >= 0.6 is 0 Å². The third-order valence-electron chi connectivity index (χ3n) is 7.10. The van der Waals surface area contributed by atoms with Crippen molar-refractivity contribution in [3.8, 4) is 0 Å². The first-order valence-corrected chi connectivity index (χ1v) is 15.3. The Kier molecular flexibility index (Phi) is 14.9. The number of benzene rings is 1. The van der Waals surface area contributed by atoms with Gasteiger partial charge in [0, 0.05) is 48.7 Å². The van der Waals surface area contributed by atoms with E-state index in [-0.39, 0.29) is 6.61 Å². The van der Waals surface area contributed by atoms with Crippen LogP contribution in [-0.2, 0) is 87.5 Å². The minimum absolute atomic E-state index is 0.0207. The van der Waals surface area contributed by atoms with Gasteiger partial charge >= 0.3 is 35.8 Å². The molecular formula is C32H42O17. The lowest BCUT2D eigenvalue weighted by atomic mass is 9.96. The van der Waals surface area contributed by atoms with Gasteiger partial charge in [0.25, 0.3) is 0 Å². The topological polar surface area (TPSA) is 204 Å². The minimum atomic E-state index is -1.69. The van der Waals surface area contributed by atoms with Crippen LogP contribution in [0.25, 0.3) is 0 Å². The van der Waals surface area contributed by atoms with Gasteiger partial charge in [0.15, 0.2) is 37.0 Å². The summed E-state index contributed by atoms with van der Waals surface area (Å²) < 4.78 is 62.8. The Labute approximate surface area is 282 Å². The van der Waals surface area contributed by atoms with E-state index in [0.717, 1.165) is 40.2 Å². The zero-order valence-electron chi connectivity index (χ0n) is 28.2. The molecule has 2 aliphatic rings.